The highest BCUT2D eigenvalue weighted by Crippen LogP contribution is 2.27. The number of rotatable bonds is 6. The molecule has 0 atom stereocenters. The molecule has 7 nitrogen and oxygen atoms in total. The van der Waals surface area contributed by atoms with Crippen LogP contribution in [0, 0.1) is 6.92 Å². The molecule has 0 radical (unpaired) electrons. The van der Waals surface area contributed by atoms with E-state index in [0.29, 0.717) is 12.0 Å². The number of carbonyl (C=O) groups is 2. The first kappa shape index (κ1) is 22.2. The minimum absolute atomic E-state index is 0.0452. The van der Waals surface area contributed by atoms with Gasteiger partial charge in [-0.15, -0.1) is 0 Å². The first-order chi connectivity index (χ1) is 15.5. The molecule has 0 saturated carbocycles. The molecule has 1 aromatic carbocycles. The van der Waals surface area contributed by atoms with Crippen LogP contribution in [-0.4, -0.2) is 64.9 Å². The lowest BCUT2D eigenvalue weighted by atomic mass is 9.95. The Morgan fingerprint density at radius 3 is 2.34 bits per heavy atom. The largest absolute Gasteiger partial charge is 0.497 e. The van der Waals surface area contributed by atoms with Crippen LogP contribution in [0.4, 0.5) is 0 Å². The van der Waals surface area contributed by atoms with E-state index in [0.717, 1.165) is 81.1 Å². The number of aromatic nitrogens is 2. The van der Waals surface area contributed by atoms with E-state index >= 15 is 0 Å². The van der Waals surface area contributed by atoms with Crippen molar-refractivity contribution in [2.75, 3.05) is 33.3 Å². The Balaban J connectivity index is 1.28. The maximum atomic E-state index is 12.7. The second kappa shape index (κ2) is 10.1. The predicted molar refractivity (Wildman–Crippen MR) is 122 cm³/mol. The van der Waals surface area contributed by atoms with E-state index in [2.05, 4.69) is 9.97 Å². The number of hydrogen-bond donors (Lipinski definition) is 0. The van der Waals surface area contributed by atoms with Crippen LogP contribution in [0.5, 0.6) is 5.75 Å². The van der Waals surface area contributed by atoms with Crippen LogP contribution in [0.25, 0.3) is 0 Å². The van der Waals surface area contributed by atoms with Crippen LogP contribution in [-0.2, 0) is 11.2 Å². The molecule has 0 unspecified atom stereocenters. The molecule has 2 aliphatic heterocycles. The van der Waals surface area contributed by atoms with Gasteiger partial charge in [0.25, 0.3) is 5.91 Å². The molecule has 0 N–H and O–H groups in total. The summed E-state index contributed by atoms with van der Waals surface area (Å²) in [7, 11) is 1.65. The van der Waals surface area contributed by atoms with Crippen LogP contribution in [0.1, 0.15) is 65.5 Å². The minimum Gasteiger partial charge on any atom is -0.497 e. The summed E-state index contributed by atoms with van der Waals surface area (Å²) in [5.41, 5.74) is 2.51. The number of ether oxygens (including phenoxy) is 1. The average molecular weight is 437 g/mol. The van der Waals surface area contributed by atoms with Crippen molar-refractivity contribution in [3.63, 3.8) is 0 Å². The number of likely N-dealkylation sites (tertiary alicyclic amines) is 2. The minimum atomic E-state index is 0.0452. The first-order valence-corrected chi connectivity index (χ1v) is 11.6. The predicted octanol–water partition coefficient (Wildman–Crippen LogP) is 3.37. The third-order valence-corrected chi connectivity index (χ3v) is 6.62. The van der Waals surface area contributed by atoms with Gasteiger partial charge < -0.3 is 14.5 Å². The Hall–Kier alpha value is -2.96. The monoisotopic (exact) mass is 436 g/mol. The van der Waals surface area contributed by atoms with E-state index in [-0.39, 0.29) is 17.7 Å². The van der Waals surface area contributed by atoms with Gasteiger partial charge in [0.2, 0.25) is 5.91 Å². The Labute approximate surface area is 189 Å². The van der Waals surface area contributed by atoms with Gasteiger partial charge in [0.05, 0.1) is 18.4 Å². The van der Waals surface area contributed by atoms with Crippen molar-refractivity contribution >= 4 is 11.8 Å². The molecule has 32 heavy (non-hydrogen) atoms. The number of nitrogens with zero attached hydrogens (tertiary/aromatic N) is 4. The zero-order valence-corrected chi connectivity index (χ0v) is 19.0. The SMILES string of the molecule is COc1ccc(CCC(=O)N2CCC(c3ncc(C(=O)N4CCCC4)c(C)n3)CC2)cc1. The van der Waals surface area contributed by atoms with E-state index in [9.17, 15) is 9.59 Å². The molecule has 3 heterocycles. The van der Waals surface area contributed by atoms with Crippen LogP contribution in [0.2, 0.25) is 0 Å². The van der Waals surface area contributed by atoms with Gasteiger partial charge in [-0.25, -0.2) is 9.97 Å². The third kappa shape index (κ3) is 5.09. The summed E-state index contributed by atoms with van der Waals surface area (Å²) >= 11 is 0. The molecule has 0 spiro atoms. The molecule has 7 heteroatoms. The summed E-state index contributed by atoms with van der Waals surface area (Å²) in [6.45, 7) is 4.99. The zero-order chi connectivity index (χ0) is 22.5. The zero-order valence-electron chi connectivity index (χ0n) is 19.0. The van der Waals surface area contributed by atoms with E-state index in [1.54, 1.807) is 13.3 Å². The number of carbonyl (C=O) groups excluding carboxylic acids is 2. The summed E-state index contributed by atoms with van der Waals surface area (Å²) in [5.74, 6) is 2.10. The Morgan fingerprint density at radius 1 is 1.03 bits per heavy atom. The van der Waals surface area contributed by atoms with Gasteiger partial charge in [0, 0.05) is 44.7 Å². The van der Waals surface area contributed by atoms with Gasteiger partial charge >= 0.3 is 0 Å². The smallest absolute Gasteiger partial charge is 0.257 e. The molecule has 2 aliphatic rings. The molecule has 2 amide bonds. The topological polar surface area (TPSA) is 75.6 Å². The maximum Gasteiger partial charge on any atom is 0.257 e. The van der Waals surface area contributed by atoms with Crippen LogP contribution in [0.3, 0.4) is 0 Å². The molecule has 170 valence electrons. The molecular weight excluding hydrogens is 404 g/mol. The number of methoxy groups -OCH3 is 1. The van der Waals surface area contributed by atoms with Gasteiger partial charge in [-0.3, -0.25) is 9.59 Å². The first-order valence-electron chi connectivity index (χ1n) is 11.6. The molecule has 0 aliphatic carbocycles. The van der Waals surface area contributed by atoms with Crippen molar-refractivity contribution in [3.05, 3.63) is 53.1 Å². The van der Waals surface area contributed by atoms with Crippen LogP contribution < -0.4 is 4.74 Å². The number of piperidine rings is 1. The summed E-state index contributed by atoms with van der Waals surface area (Å²) in [6, 6.07) is 7.88. The number of aryl methyl sites for hydroxylation is 2. The lowest BCUT2D eigenvalue weighted by Gasteiger charge is -2.31. The summed E-state index contributed by atoms with van der Waals surface area (Å²) in [6.07, 6.45) is 6.80. The average Bonchev–Trinajstić information content (AvgIpc) is 3.37. The normalized spacial score (nSPS) is 16.9. The standard InChI is InChI=1S/C25H32N4O3/c1-18-22(25(31)29-13-3-4-14-29)17-26-24(27-18)20-11-15-28(16-12-20)23(30)10-7-19-5-8-21(32-2)9-6-19/h5-6,8-9,17,20H,3-4,7,10-16H2,1-2H3. The summed E-state index contributed by atoms with van der Waals surface area (Å²) in [4.78, 5) is 38.4. The molecular formula is C25H32N4O3. The quantitative estimate of drug-likeness (QED) is 0.694. The van der Waals surface area contributed by atoms with Gasteiger partial charge in [0.15, 0.2) is 0 Å². The van der Waals surface area contributed by atoms with Gasteiger partial charge in [0.1, 0.15) is 11.6 Å². The fourth-order valence-corrected chi connectivity index (χ4v) is 4.57. The lowest BCUT2D eigenvalue weighted by molar-refractivity contribution is -0.132. The summed E-state index contributed by atoms with van der Waals surface area (Å²) in [5, 5.41) is 0. The van der Waals surface area contributed by atoms with Crippen LogP contribution >= 0.6 is 0 Å². The second-order valence-corrected chi connectivity index (χ2v) is 8.73. The van der Waals surface area contributed by atoms with E-state index in [1.165, 1.54) is 0 Å². The maximum absolute atomic E-state index is 12.7. The van der Waals surface area contributed by atoms with E-state index in [1.807, 2.05) is 41.0 Å². The van der Waals surface area contributed by atoms with Crippen molar-refractivity contribution in [3.8, 4) is 5.75 Å². The van der Waals surface area contributed by atoms with Crippen molar-refractivity contribution in [2.24, 2.45) is 0 Å². The number of hydrogen-bond acceptors (Lipinski definition) is 5. The van der Waals surface area contributed by atoms with Gasteiger partial charge in [-0.1, -0.05) is 12.1 Å². The number of amides is 2. The lowest BCUT2D eigenvalue weighted by Crippen LogP contribution is -2.38. The van der Waals surface area contributed by atoms with E-state index < -0.39 is 0 Å². The number of benzene rings is 1. The van der Waals surface area contributed by atoms with Gasteiger partial charge in [-0.05, 0) is 56.7 Å². The van der Waals surface area contributed by atoms with Crippen molar-refractivity contribution < 1.29 is 14.3 Å². The van der Waals surface area contributed by atoms with Crippen molar-refractivity contribution in [1.29, 1.82) is 0 Å². The molecule has 2 aromatic rings. The molecule has 4 rings (SSSR count). The van der Waals surface area contributed by atoms with Crippen molar-refractivity contribution in [2.45, 2.75) is 51.4 Å². The second-order valence-electron chi connectivity index (χ2n) is 8.73. The highest BCUT2D eigenvalue weighted by atomic mass is 16.5. The van der Waals surface area contributed by atoms with Gasteiger partial charge in [-0.2, -0.15) is 0 Å². The van der Waals surface area contributed by atoms with E-state index in [4.69, 9.17) is 4.74 Å². The third-order valence-electron chi connectivity index (χ3n) is 6.62. The molecule has 1 aromatic heterocycles. The van der Waals surface area contributed by atoms with Crippen LogP contribution in [0.15, 0.2) is 30.5 Å². The Bertz CT molecular complexity index is 946. The highest BCUT2D eigenvalue weighted by molar-refractivity contribution is 5.95. The fourth-order valence-electron chi connectivity index (χ4n) is 4.57. The summed E-state index contributed by atoms with van der Waals surface area (Å²) < 4.78 is 5.18. The Morgan fingerprint density at radius 2 is 1.72 bits per heavy atom. The fraction of sp³-hybridized carbons (Fsp3) is 0.520. The molecule has 0 bridgehead atoms. The highest BCUT2D eigenvalue weighted by Gasteiger charge is 2.27. The molecule has 2 fully saturated rings. The van der Waals surface area contributed by atoms with Crippen molar-refractivity contribution in [1.82, 2.24) is 19.8 Å². The Kier molecular flexibility index (Phi) is 7.02. The molecule has 2 saturated heterocycles.